The van der Waals surface area contributed by atoms with Crippen LogP contribution in [0.4, 0.5) is 0 Å². The van der Waals surface area contributed by atoms with Crippen molar-refractivity contribution in [2.75, 3.05) is 6.61 Å². The molecule has 0 N–H and O–H groups in total. The molecule has 0 saturated heterocycles. The van der Waals surface area contributed by atoms with Crippen molar-refractivity contribution in [2.45, 2.75) is 26.3 Å². The topological polar surface area (TPSA) is 44.1 Å². The van der Waals surface area contributed by atoms with E-state index in [0.717, 1.165) is 23.4 Å². The highest BCUT2D eigenvalue weighted by molar-refractivity contribution is 5.76. The maximum absolute atomic E-state index is 11.6. The Bertz CT molecular complexity index is 793. The number of aromatic nitrogens is 2. The number of carbonyl (C=O) groups is 1. The van der Waals surface area contributed by atoms with Crippen molar-refractivity contribution in [1.29, 1.82) is 0 Å². The van der Waals surface area contributed by atoms with Gasteiger partial charge < -0.3 is 9.30 Å². The third-order valence-corrected chi connectivity index (χ3v) is 3.78. The molecular weight excluding hydrogens is 288 g/mol. The van der Waals surface area contributed by atoms with Gasteiger partial charge in [0.05, 0.1) is 24.1 Å². The standard InChI is InChI=1S/C19H20N2O2/c1-2-23-19(22)13-12-18-20-16-10-6-7-11-17(16)21(18)14-15-8-4-3-5-9-15/h3-11H,2,12-14H2,1H3. The molecule has 0 aliphatic heterocycles. The molecule has 23 heavy (non-hydrogen) atoms. The Hall–Kier alpha value is -2.62. The van der Waals surface area contributed by atoms with Crippen LogP contribution in [0.15, 0.2) is 54.6 Å². The number of imidazole rings is 1. The quantitative estimate of drug-likeness (QED) is 0.654. The van der Waals surface area contributed by atoms with Crippen molar-refractivity contribution in [1.82, 2.24) is 9.55 Å². The molecular formula is C19H20N2O2. The highest BCUT2D eigenvalue weighted by Gasteiger charge is 2.12. The fourth-order valence-electron chi connectivity index (χ4n) is 2.71. The Morgan fingerprint density at radius 2 is 1.83 bits per heavy atom. The molecule has 1 heterocycles. The summed E-state index contributed by atoms with van der Waals surface area (Å²) in [7, 11) is 0. The molecule has 3 aromatic rings. The maximum Gasteiger partial charge on any atom is 0.306 e. The molecule has 2 aromatic carbocycles. The number of para-hydroxylation sites is 2. The molecule has 4 nitrogen and oxygen atoms in total. The highest BCUT2D eigenvalue weighted by Crippen LogP contribution is 2.19. The predicted octanol–water partition coefficient (Wildman–Crippen LogP) is 3.58. The Labute approximate surface area is 135 Å². The SMILES string of the molecule is CCOC(=O)CCc1nc2ccccc2n1Cc1ccccc1. The fraction of sp³-hybridized carbons (Fsp3) is 0.263. The second-order valence-corrected chi connectivity index (χ2v) is 5.39. The molecule has 4 heteroatoms. The van der Waals surface area contributed by atoms with E-state index in [9.17, 15) is 4.79 Å². The summed E-state index contributed by atoms with van der Waals surface area (Å²) >= 11 is 0. The Kier molecular flexibility index (Phi) is 4.71. The van der Waals surface area contributed by atoms with Gasteiger partial charge >= 0.3 is 5.97 Å². The third kappa shape index (κ3) is 3.59. The van der Waals surface area contributed by atoms with Crippen molar-refractivity contribution in [3.63, 3.8) is 0 Å². The predicted molar refractivity (Wildman–Crippen MR) is 90.2 cm³/mol. The zero-order chi connectivity index (χ0) is 16.1. The van der Waals surface area contributed by atoms with Crippen LogP contribution in [0.3, 0.4) is 0 Å². The molecule has 3 rings (SSSR count). The molecule has 0 amide bonds. The third-order valence-electron chi connectivity index (χ3n) is 3.78. The summed E-state index contributed by atoms with van der Waals surface area (Å²) in [5.41, 5.74) is 3.27. The minimum atomic E-state index is -0.175. The number of carbonyl (C=O) groups excluding carboxylic acids is 1. The van der Waals surface area contributed by atoms with Gasteiger partial charge in [0.1, 0.15) is 5.82 Å². The van der Waals surface area contributed by atoms with Crippen LogP contribution in [0, 0.1) is 0 Å². The Morgan fingerprint density at radius 3 is 2.61 bits per heavy atom. The molecule has 0 atom stereocenters. The fourth-order valence-corrected chi connectivity index (χ4v) is 2.71. The average molecular weight is 308 g/mol. The Balaban J connectivity index is 1.90. The molecule has 0 saturated carbocycles. The van der Waals surface area contributed by atoms with E-state index in [1.165, 1.54) is 5.56 Å². The van der Waals surface area contributed by atoms with Gasteiger partial charge in [0.15, 0.2) is 0 Å². The van der Waals surface area contributed by atoms with Gasteiger partial charge in [0.2, 0.25) is 0 Å². The number of rotatable bonds is 6. The molecule has 118 valence electrons. The number of ether oxygens (including phenoxy) is 1. The van der Waals surface area contributed by atoms with Crippen molar-refractivity contribution in [3.8, 4) is 0 Å². The summed E-state index contributed by atoms with van der Waals surface area (Å²) in [6, 6.07) is 18.4. The molecule has 0 bridgehead atoms. The van der Waals surface area contributed by atoms with E-state index < -0.39 is 0 Å². The van der Waals surface area contributed by atoms with Gasteiger partial charge in [-0.2, -0.15) is 0 Å². The van der Waals surface area contributed by atoms with E-state index in [-0.39, 0.29) is 5.97 Å². The van der Waals surface area contributed by atoms with Gasteiger partial charge in [0, 0.05) is 13.0 Å². The first-order valence-electron chi connectivity index (χ1n) is 7.91. The van der Waals surface area contributed by atoms with Crippen LogP contribution < -0.4 is 0 Å². The second kappa shape index (κ2) is 7.09. The number of nitrogens with zero attached hydrogens (tertiary/aromatic N) is 2. The molecule has 0 fully saturated rings. The summed E-state index contributed by atoms with van der Waals surface area (Å²) in [4.78, 5) is 16.3. The smallest absolute Gasteiger partial charge is 0.306 e. The summed E-state index contributed by atoms with van der Waals surface area (Å²) in [6.07, 6.45) is 0.937. The first-order chi connectivity index (χ1) is 11.3. The number of hydrogen-bond donors (Lipinski definition) is 0. The van der Waals surface area contributed by atoms with Crippen LogP contribution in [0.1, 0.15) is 24.7 Å². The van der Waals surface area contributed by atoms with Crippen LogP contribution in [-0.4, -0.2) is 22.1 Å². The largest absolute Gasteiger partial charge is 0.466 e. The van der Waals surface area contributed by atoms with Crippen LogP contribution in [0.5, 0.6) is 0 Å². The maximum atomic E-state index is 11.6. The van der Waals surface area contributed by atoms with Gasteiger partial charge in [-0.15, -0.1) is 0 Å². The number of hydrogen-bond acceptors (Lipinski definition) is 3. The van der Waals surface area contributed by atoms with Gasteiger partial charge in [-0.1, -0.05) is 42.5 Å². The van der Waals surface area contributed by atoms with Gasteiger partial charge in [-0.25, -0.2) is 4.98 Å². The monoisotopic (exact) mass is 308 g/mol. The van der Waals surface area contributed by atoms with Gasteiger partial charge in [0.25, 0.3) is 0 Å². The van der Waals surface area contributed by atoms with E-state index in [0.29, 0.717) is 19.4 Å². The van der Waals surface area contributed by atoms with Crippen molar-refractivity contribution in [3.05, 3.63) is 66.0 Å². The zero-order valence-corrected chi connectivity index (χ0v) is 13.2. The molecule has 0 aliphatic rings. The van der Waals surface area contributed by atoms with Gasteiger partial charge in [-0.05, 0) is 24.6 Å². The highest BCUT2D eigenvalue weighted by atomic mass is 16.5. The normalized spacial score (nSPS) is 10.8. The molecule has 0 aliphatic carbocycles. The van der Waals surface area contributed by atoms with Crippen molar-refractivity contribution < 1.29 is 9.53 Å². The number of benzene rings is 2. The van der Waals surface area contributed by atoms with Crippen LogP contribution in [0.25, 0.3) is 11.0 Å². The molecule has 0 spiro atoms. The van der Waals surface area contributed by atoms with Crippen LogP contribution >= 0.6 is 0 Å². The second-order valence-electron chi connectivity index (χ2n) is 5.39. The summed E-state index contributed by atoms with van der Waals surface area (Å²) in [5, 5.41) is 0. The molecule has 1 aromatic heterocycles. The lowest BCUT2D eigenvalue weighted by molar-refractivity contribution is -0.143. The zero-order valence-electron chi connectivity index (χ0n) is 13.2. The minimum absolute atomic E-state index is 0.175. The summed E-state index contributed by atoms with van der Waals surface area (Å²) < 4.78 is 7.20. The average Bonchev–Trinajstić information content (AvgIpc) is 2.92. The number of esters is 1. The van der Waals surface area contributed by atoms with Crippen molar-refractivity contribution in [2.24, 2.45) is 0 Å². The van der Waals surface area contributed by atoms with E-state index >= 15 is 0 Å². The minimum Gasteiger partial charge on any atom is -0.466 e. The molecule has 0 radical (unpaired) electrons. The van der Waals surface area contributed by atoms with E-state index in [4.69, 9.17) is 9.72 Å². The Morgan fingerprint density at radius 1 is 1.09 bits per heavy atom. The van der Waals surface area contributed by atoms with Gasteiger partial charge in [-0.3, -0.25) is 4.79 Å². The van der Waals surface area contributed by atoms with E-state index in [1.54, 1.807) is 0 Å². The van der Waals surface area contributed by atoms with E-state index in [1.807, 2.05) is 43.3 Å². The summed E-state index contributed by atoms with van der Waals surface area (Å²) in [6.45, 7) is 2.99. The van der Waals surface area contributed by atoms with Crippen LogP contribution in [-0.2, 0) is 22.5 Å². The van der Waals surface area contributed by atoms with E-state index in [2.05, 4.69) is 22.8 Å². The summed E-state index contributed by atoms with van der Waals surface area (Å²) in [5.74, 6) is 0.744. The lowest BCUT2D eigenvalue weighted by Crippen LogP contribution is -2.10. The van der Waals surface area contributed by atoms with Crippen molar-refractivity contribution >= 4 is 17.0 Å². The lowest BCUT2D eigenvalue weighted by Gasteiger charge is -2.09. The first-order valence-corrected chi connectivity index (χ1v) is 7.91. The number of fused-ring (bicyclic) bond motifs is 1. The first kappa shape index (κ1) is 15.3. The number of aryl methyl sites for hydroxylation is 1. The molecule has 0 unspecified atom stereocenters. The lowest BCUT2D eigenvalue weighted by atomic mass is 10.2. The van der Waals surface area contributed by atoms with Crippen LogP contribution in [0.2, 0.25) is 0 Å².